The lowest BCUT2D eigenvalue weighted by Gasteiger charge is -2.38. The van der Waals surface area contributed by atoms with Crippen molar-refractivity contribution in [2.24, 2.45) is 5.92 Å². The summed E-state index contributed by atoms with van der Waals surface area (Å²) in [5, 5.41) is 19.9. The summed E-state index contributed by atoms with van der Waals surface area (Å²) < 4.78 is 0. The fourth-order valence-corrected chi connectivity index (χ4v) is 2.10. The molecule has 0 aromatic carbocycles. The van der Waals surface area contributed by atoms with Crippen molar-refractivity contribution < 1.29 is 10.2 Å². The summed E-state index contributed by atoms with van der Waals surface area (Å²) in [5.74, 6) is 0.139. The molecule has 2 N–H and O–H groups in total. The van der Waals surface area contributed by atoms with Gasteiger partial charge in [-0.15, -0.1) is 0 Å². The van der Waals surface area contributed by atoms with Crippen LogP contribution >= 0.6 is 0 Å². The number of rotatable bonds is 1. The van der Waals surface area contributed by atoms with Gasteiger partial charge in [-0.3, -0.25) is 0 Å². The van der Waals surface area contributed by atoms with Gasteiger partial charge in [0.2, 0.25) is 0 Å². The Balaban J connectivity index is 2.84. The van der Waals surface area contributed by atoms with Crippen LogP contribution < -0.4 is 0 Å². The molecule has 1 rings (SSSR count). The van der Waals surface area contributed by atoms with Crippen LogP contribution in [0.15, 0.2) is 0 Å². The third-order valence-corrected chi connectivity index (χ3v) is 3.11. The van der Waals surface area contributed by atoms with Crippen LogP contribution in [0.25, 0.3) is 0 Å². The molecule has 11 heavy (non-hydrogen) atoms. The second kappa shape index (κ2) is 2.46. The summed E-state index contributed by atoms with van der Waals surface area (Å²) >= 11 is 0. The number of aliphatic hydroxyl groups is 2. The molecule has 0 saturated heterocycles. The highest BCUT2D eigenvalue weighted by molar-refractivity contribution is 5.03. The fourth-order valence-electron chi connectivity index (χ4n) is 2.10. The van der Waals surface area contributed by atoms with E-state index in [1.165, 1.54) is 0 Å². The van der Waals surface area contributed by atoms with Gasteiger partial charge < -0.3 is 10.2 Å². The lowest BCUT2D eigenvalue weighted by Crippen LogP contribution is -2.51. The average molecular weight is 158 g/mol. The van der Waals surface area contributed by atoms with E-state index >= 15 is 0 Å². The lowest BCUT2D eigenvalue weighted by atomic mass is 9.79. The van der Waals surface area contributed by atoms with Gasteiger partial charge in [-0.25, -0.2) is 0 Å². The predicted molar refractivity (Wildman–Crippen MR) is 44.3 cm³/mol. The normalized spacial score (nSPS) is 45.3. The molecule has 0 aliphatic heterocycles. The summed E-state index contributed by atoms with van der Waals surface area (Å²) in [6, 6.07) is 0. The minimum Gasteiger partial charge on any atom is -0.387 e. The third-order valence-electron chi connectivity index (χ3n) is 3.11. The van der Waals surface area contributed by atoms with E-state index in [1.54, 1.807) is 6.92 Å². The standard InChI is InChI=1S/C9H18O2/c1-7(2)9(11)6-4-5-8(9,3)10/h7,10-11H,4-6H2,1-3H3/t8-,9-/m0/s1. The maximum absolute atomic E-state index is 10.0. The molecule has 0 radical (unpaired) electrons. The molecule has 1 aliphatic carbocycles. The average Bonchev–Trinajstić information content (AvgIpc) is 2.09. The molecular formula is C9H18O2. The topological polar surface area (TPSA) is 40.5 Å². The zero-order valence-corrected chi connectivity index (χ0v) is 7.59. The molecule has 0 amide bonds. The van der Waals surface area contributed by atoms with Gasteiger partial charge in [-0.2, -0.15) is 0 Å². The van der Waals surface area contributed by atoms with Crippen LogP contribution in [0.4, 0.5) is 0 Å². The van der Waals surface area contributed by atoms with Gasteiger partial charge >= 0.3 is 0 Å². The number of hydrogen-bond acceptors (Lipinski definition) is 2. The summed E-state index contributed by atoms with van der Waals surface area (Å²) in [5.41, 5.74) is -1.73. The monoisotopic (exact) mass is 158 g/mol. The van der Waals surface area contributed by atoms with Crippen LogP contribution in [-0.2, 0) is 0 Å². The second-order valence-corrected chi connectivity index (χ2v) is 4.21. The molecule has 0 spiro atoms. The zero-order valence-electron chi connectivity index (χ0n) is 7.59. The van der Waals surface area contributed by atoms with Crippen LogP contribution in [0.1, 0.15) is 40.0 Å². The Hall–Kier alpha value is -0.0800. The predicted octanol–water partition coefficient (Wildman–Crippen LogP) is 1.31. The highest BCUT2D eigenvalue weighted by atomic mass is 16.4. The molecule has 1 aliphatic rings. The number of hydrogen-bond donors (Lipinski definition) is 2. The molecule has 0 unspecified atom stereocenters. The van der Waals surface area contributed by atoms with E-state index in [0.29, 0.717) is 0 Å². The molecule has 1 saturated carbocycles. The first kappa shape index (κ1) is 9.01. The van der Waals surface area contributed by atoms with E-state index in [4.69, 9.17) is 0 Å². The quantitative estimate of drug-likeness (QED) is 0.604. The Morgan fingerprint density at radius 3 is 1.91 bits per heavy atom. The fraction of sp³-hybridized carbons (Fsp3) is 1.00. The largest absolute Gasteiger partial charge is 0.387 e. The SMILES string of the molecule is CC(C)[C@@]1(O)CCC[C@]1(C)O. The van der Waals surface area contributed by atoms with Gasteiger partial charge in [0.15, 0.2) is 0 Å². The summed E-state index contributed by atoms with van der Waals surface area (Å²) in [6.45, 7) is 5.65. The van der Waals surface area contributed by atoms with Crippen LogP contribution in [-0.4, -0.2) is 21.4 Å². The van der Waals surface area contributed by atoms with Crippen molar-refractivity contribution in [2.45, 2.75) is 51.2 Å². The Bertz CT molecular complexity index is 152. The Morgan fingerprint density at radius 1 is 1.18 bits per heavy atom. The Kier molecular flexibility index (Phi) is 2.01. The highest BCUT2D eigenvalue weighted by Gasteiger charge is 2.51. The molecule has 0 bridgehead atoms. The van der Waals surface area contributed by atoms with Crippen molar-refractivity contribution in [3.05, 3.63) is 0 Å². The third kappa shape index (κ3) is 1.18. The first-order valence-corrected chi connectivity index (χ1v) is 4.35. The highest BCUT2D eigenvalue weighted by Crippen LogP contribution is 2.43. The van der Waals surface area contributed by atoms with Gasteiger partial charge in [0.1, 0.15) is 0 Å². The van der Waals surface area contributed by atoms with Gasteiger partial charge in [-0.1, -0.05) is 13.8 Å². The van der Waals surface area contributed by atoms with E-state index in [-0.39, 0.29) is 5.92 Å². The first-order chi connectivity index (χ1) is 4.90. The molecule has 0 aromatic rings. The van der Waals surface area contributed by atoms with Crippen molar-refractivity contribution in [3.8, 4) is 0 Å². The Labute approximate surface area is 68.2 Å². The van der Waals surface area contributed by atoms with Gasteiger partial charge in [0.05, 0.1) is 11.2 Å². The summed E-state index contributed by atoms with van der Waals surface area (Å²) in [6.07, 6.45) is 2.39. The smallest absolute Gasteiger partial charge is 0.0953 e. The molecule has 0 heterocycles. The molecule has 66 valence electrons. The van der Waals surface area contributed by atoms with Crippen LogP contribution in [0.5, 0.6) is 0 Å². The minimum atomic E-state index is -0.874. The van der Waals surface area contributed by atoms with Crippen molar-refractivity contribution in [1.82, 2.24) is 0 Å². The molecule has 2 nitrogen and oxygen atoms in total. The second-order valence-electron chi connectivity index (χ2n) is 4.21. The van der Waals surface area contributed by atoms with Gasteiger partial charge in [0, 0.05) is 0 Å². The van der Waals surface area contributed by atoms with Crippen LogP contribution in [0, 0.1) is 5.92 Å². The molecule has 2 atom stereocenters. The van der Waals surface area contributed by atoms with Crippen molar-refractivity contribution in [1.29, 1.82) is 0 Å². The molecule has 1 fully saturated rings. The lowest BCUT2D eigenvalue weighted by molar-refractivity contribution is -0.144. The molecule has 0 aromatic heterocycles. The first-order valence-electron chi connectivity index (χ1n) is 4.35. The zero-order chi connectivity index (χ0) is 8.70. The van der Waals surface area contributed by atoms with Crippen molar-refractivity contribution >= 4 is 0 Å². The van der Waals surface area contributed by atoms with E-state index < -0.39 is 11.2 Å². The molecule has 2 heteroatoms. The minimum absolute atomic E-state index is 0.139. The summed E-state index contributed by atoms with van der Waals surface area (Å²) in [4.78, 5) is 0. The van der Waals surface area contributed by atoms with E-state index in [2.05, 4.69) is 0 Å². The van der Waals surface area contributed by atoms with Crippen molar-refractivity contribution in [3.63, 3.8) is 0 Å². The maximum Gasteiger partial charge on any atom is 0.0953 e. The Morgan fingerprint density at radius 2 is 1.73 bits per heavy atom. The van der Waals surface area contributed by atoms with E-state index in [1.807, 2.05) is 13.8 Å². The van der Waals surface area contributed by atoms with Gasteiger partial charge in [-0.05, 0) is 32.1 Å². The summed E-state index contributed by atoms with van der Waals surface area (Å²) in [7, 11) is 0. The molecular weight excluding hydrogens is 140 g/mol. The van der Waals surface area contributed by atoms with Gasteiger partial charge in [0.25, 0.3) is 0 Å². The van der Waals surface area contributed by atoms with Crippen molar-refractivity contribution in [2.75, 3.05) is 0 Å². The van der Waals surface area contributed by atoms with Crippen LogP contribution in [0.3, 0.4) is 0 Å². The van der Waals surface area contributed by atoms with E-state index in [9.17, 15) is 10.2 Å². The maximum atomic E-state index is 10.0. The van der Waals surface area contributed by atoms with E-state index in [0.717, 1.165) is 19.3 Å². The van der Waals surface area contributed by atoms with Crippen LogP contribution in [0.2, 0.25) is 0 Å².